The van der Waals surface area contributed by atoms with Crippen LogP contribution in [0, 0.1) is 0 Å². The molecule has 2 fully saturated rings. The van der Waals surface area contributed by atoms with Crippen LogP contribution in [0.4, 0.5) is 0 Å². The van der Waals surface area contributed by atoms with Crippen molar-refractivity contribution in [3.05, 3.63) is 71.4 Å². The van der Waals surface area contributed by atoms with E-state index >= 15 is 0 Å². The minimum atomic E-state index is 0.163. The maximum atomic E-state index is 13.4. The molecule has 0 radical (unpaired) electrons. The van der Waals surface area contributed by atoms with Crippen molar-refractivity contribution in [2.24, 2.45) is 0 Å². The number of benzene rings is 2. The van der Waals surface area contributed by atoms with Gasteiger partial charge in [-0.25, -0.2) is 0 Å². The Bertz CT molecular complexity index is 1080. The molecule has 32 heavy (non-hydrogen) atoms. The Labute approximate surface area is 190 Å². The van der Waals surface area contributed by atoms with Gasteiger partial charge in [-0.2, -0.15) is 0 Å². The Morgan fingerprint density at radius 3 is 2.44 bits per heavy atom. The third-order valence-electron chi connectivity index (χ3n) is 6.92. The molecule has 0 spiro atoms. The molecule has 5 heteroatoms. The lowest BCUT2D eigenvalue weighted by atomic mass is 9.89. The van der Waals surface area contributed by atoms with Gasteiger partial charge < -0.3 is 9.64 Å². The Balaban J connectivity index is 1.34. The topological polar surface area (TPSA) is 45.7 Å². The molecule has 3 aromatic rings. The number of likely N-dealkylation sites (tertiary alicyclic amines) is 2. The highest BCUT2D eigenvalue weighted by molar-refractivity contribution is 5.99. The van der Waals surface area contributed by atoms with E-state index in [-0.39, 0.29) is 5.91 Å². The molecular weight excluding hydrogens is 398 g/mol. The minimum absolute atomic E-state index is 0.163. The smallest absolute Gasteiger partial charge is 0.255 e. The van der Waals surface area contributed by atoms with Crippen molar-refractivity contribution in [3.63, 3.8) is 0 Å². The molecule has 0 atom stereocenters. The van der Waals surface area contributed by atoms with Crippen LogP contribution in [0.1, 0.15) is 53.2 Å². The monoisotopic (exact) mass is 429 g/mol. The van der Waals surface area contributed by atoms with Gasteiger partial charge in [-0.1, -0.05) is 30.3 Å². The minimum Gasteiger partial charge on any atom is -0.497 e. The van der Waals surface area contributed by atoms with Crippen molar-refractivity contribution in [3.8, 4) is 5.75 Å². The Kier molecular flexibility index (Phi) is 6.08. The highest BCUT2D eigenvalue weighted by atomic mass is 16.5. The molecular formula is C27H31N3O2. The molecule has 5 rings (SSSR count). The van der Waals surface area contributed by atoms with Gasteiger partial charge in [0.25, 0.3) is 5.91 Å². The normalized spacial score (nSPS) is 17.7. The third-order valence-corrected chi connectivity index (χ3v) is 6.92. The number of pyridine rings is 1. The summed E-state index contributed by atoms with van der Waals surface area (Å²) in [6.45, 7) is 4.71. The van der Waals surface area contributed by atoms with Gasteiger partial charge in [0.15, 0.2) is 0 Å². The first kappa shape index (κ1) is 21.0. The number of amides is 1. The van der Waals surface area contributed by atoms with Crippen molar-refractivity contribution >= 4 is 16.8 Å². The SMILES string of the molecule is COc1ccc(CN2CCC(c3nc4ccccc4cc3C(=O)N3CCCC3)CC2)cc1. The van der Waals surface area contributed by atoms with Crippen LogP contribution in [-0.4, -0.2) is 54.0 Å². The number of fused-ring (bicyclic) bond motifs is 1. The van der Waals surface area contributed by atoms with Crippen molar-refractivity contribution in [2.75, 3.05) is 33.3 Å². The number of nitrogens with zero attached hydrogens (tertiary/aromatic N) is 3. The number of rotatable bonds is 5. The molecule has 2 aromatic carbocycles. The lowest BCUT2D eigenvalue weighted by Crippen LogP contribution is -2.34. The van der Waals surface area contributed by atoms with E-state index in [9.17, 15) is 4.79 Å². The summed E-state index contributed by atoms with van der Waals surface area (Å²) in [6, 6.07) is 18.6. The summed E-state index contributed by atoms with van der Waals surface area (Å²) in [7, 11) is 1.70. The summed E-state index contributed by atoms with van der Waals surface area (Å²) in [5.74, 6) is 1.38. The average molecular weight is 430 g/mol. The average Bonchev–Trinajstić information content (AvgIpc) is 3.39. The molecule has 0 saturated carbocycles. The summed E-state index contributed by atoms with van der Waals surface area (Å²) in [6.07, 6.45) is 4.27. The highest BCUT2D eigenvalue weighted by Crippen LogP contribution is 2.32. The lowest BCUT2D eigenvalue weighted by molar-refractivity contribution is 0.0790. The number of hydrogen-bond acceptors (Lipinski definition) is 4. The zero-order valence-corrected chi connectivity index (χ0v) is 18.8. The molecule has 5 nitrogen and oxygen atoms in total. The van der Waals surface area contributed by atoms with Gasteiger partial charge in [0, 0.05) is 30.9 Å². The molecule has 0 N–H and O–H groups in total. The van der Waals surface area contributed by atoms with Gasteiger partial charge >= 0.3 is 0 Å². The molecule has 3 heterocycles. The zero-order chi connectivity index (χ0) is 21.9. The third kappa shape index (κ3) is 4.35. The van der Waals surface area contributed by atoms with Crippen molar-refractivity contribution < 1.29 is 9.53 Å². The number of piperidine rings is 1. The van der Waals surface area contributed by atoms with E-state index < -0.39 is 0 Å². The van der Waals surface area contributed by atoms with E-state index in [1.54, 1.807) is 7.11 Å². The molecule has 0 unspecified atom stereocenters. The molecule has 166 valence electrons. The quantitative estimate of drug-likeness (QED) is 0.581. The first-order valence-corrected chi connectivity index (χ1v) is 11.8. The van der Waals surface area contributed by atoms with Crippen LogP contribution in [0.3, 0.4) is 0 Å². The van der Waals surface area contributed by atoms with E-state index in [1.165, 1.54) is 5.56 Å². The Morgan fingerprint density at radius 1 is 1.00 bits per heavy atom. The summed E-state index contributed by atoms with van der Waals surface area (Å²) in [5, 5.41) is 1.05. The van der Waals surface area contributed by atoms with Gasteiger partial charge in [-0.3, -0.25) is 14.7 Å². The van der Waals surface area contributed by atoms with Crippen molar-refractivity contribution in [2.45, 2.75) is 38.1 Å². The predicted octanol–water partition coefficient (Wildman–Crippen LogP) is 4.86. The van der Waals surface area contributed by atoms with E-state index in [0.717, 1.165) is 86.3 Å². The van der Waals surface area contributed by atoms with Crippen LogP contribution < -0.4 is 4.74 Å². The molecule has 1 amide bonds. The van der Waals surface area contributed by atoms with Gasteiger partial charge in [0.1, 0.15) is 5.75 Å². The largest absolute Gasteiger partial charge is 0.497 e. The van der Waals surface area contributed by atoms with Crippen LogP contribution in [-0.2, 0) is 6.54 Å². The number of carbonyl (C=O) groups is 1. The maximum absolute atomic E-state index is 13.4. The summed E-state index contributed by atoms with van der Waals surface area (Å²) in [5.41, 5.74) is 4.11. The number of hydrogen-bond donors (Lipinski definition) is 0. The molecule has 1 aromatic heterocycles. The maximum Gasteiger partial charge on any atom is 0.255 e. The second-order valence-corrected chi connectivity index (χ2v) is 9.01. The van der Waals surface area contributed by atoms with Crippen LogP contribution in [0.5, 0.6) is 5.75 Å². The van der Waals surface area contributed by atoms with Crippen LogP contribution in [0.25, 0.3) is 10.9 Å². The molecule has 2 aliphatic rings. The van der Waals surface area contributed by atoms with Gasteiger partial charge in [-0.15, -0.1) is 0 Å². The highest BCUT2D eigenvalue weighted by Gasteiger charge is 2.29. The van der Waals surface area contributed by atoms with Crippen LogP contribution in [0.2, 0.25) is 0 Å². The number of para-hydroxylation sites is 1. The summed E-state index contributed by atoms with van der Waals surface area (Å²) in [4.78, 5) is 22.9. The van der Waals surface area contributed by atoms with Crippen molar-refractivity contribution in [1.29, 1.82) is 0 Å². The Hall–Kier alpha value is -2.92. The summed E-state index contributed by atoms with van der Waals surface area (Å²) >= 11 is 0. The fourth-order valence-electron chi connectivity index (χ4n) is 5.06. The molecule has 2 saturated heterocycles. The van der Waals surface area contributed by atoms with Crippen LogP contribution in [0.15, 0.2) is 54.6 Å². The van der Waals surface area contributed by atoms with E-state index in [1.807, 2.05) is 29.2 Å². The van der Waals surface area contributed by atoms with E-state index in [4.69, 9.17) is 9.72 Å². The molecule has 2 aliphatic heterocycles. The lowest BCUT2D eigenvalue weighted by Gasteiger charge is -2.32. The Morgan fingerprint density at radius 2 is 1.72 bits per heavy atom. The number of ether oxygens (including phenoxy) is 1. The second-order valence-electron chi connectivity index (χ2n) is 9.01. The number of carbonyl (C=O) groups excluding carboxylic acids is 1. The predicted molar refractivity (Wildman–Crippen MR) is 127 cm³/mol. The zero-order valence-electron chi connectivity index (χ0n) is 18.8. The number of methoxy groups -OCH3 is 1. The van der Waals surface area contributed by atoms with Gasteiger partial charge in [0.2, 0.25) is 0 Å². The van der Waals surface area contributed by atoms with Gasteiger partial charge in [-0.05, 0) is 68.6 Å². The second kappa shape index (κ2) is 9.29. The standard InChI is InChI=1S/C27H31N3O2/c1-32-23-10-8-20(9-11-23)19-29-16-12-21(13-17-29)26-24(27(31)30-14-4-5-15-30)18-22-6-2-3-7-25(22)28-26/h2-3,6-11,18,21H,4-5,12-17,19H2,1H3. The first-order chi connectivity index (χ1) is 15.7. The van der Waals surface area contributed by atoms with Crippen LogP contribution >= 0.6 is 0 Å². The fourth-order valence-corrected chi connectivity index (χ4v) is 5.06. The summed E-state index contributed by atoms with van der Waals surface area (Å²) < 4.78 is 5.27. The first-order valence-electron chi connectivity index (χ1n) is 11.8. The van der Waals surface area contributed by atoms with Crippen molar-refractivity contribution in [1.82, 2.24) is 14.8 Å². The van der Waals surface area contributed by atoms with E-state index in [0.29, 0.717) is 5.92 Å². The molecule has 0 bridgehead atoms. The number of aromatic nitrogens is 1. The molecule has 0 aliphatic carbocycles. The van der Waals surface area contributed by atoms with E-state index in [2.05, 4.69) is 35.2 Å². The fraction of sp³-hybridized carbons (Fsp3) is 0.407. The van der Waals surface area contributed by atoms with Gasteiger partial charge in [0.05, 0.1) is 23.9 Å².